The lowest BCUT2D eigenvalue weighted by molar-refractivity contribution is -0.114. The molecule has 0 radical (unpaired) electrons. The van der Waals surface area contributed by atoms with E-state index in [1.54, 1.807) is 11.8 Å². The van der Waals surface area contributed by atoms with Crippen LogP contribution >= 0.6 is 23.4 Å². The van der Waals surface area contributed by atoms with E-state index in [9.17, 15) is 4.79 Å². The maximum absolute atomic E-state index is 13.9. The predicted molar refractivity (Wildman–Crippen MR) is 181 cm³/mol. The third kappa shape index (κ3) is 6.80. The number of carbonyl (C=O) groups excluding carboxylic acids is 1. The summed E-state index contributed by atoms with van der Waals surface area (Å²) in [7, 11) is 0. The fourth-order valence-electron chi connectivity index (χ4n) is 4.77. The summed E-state index contributed by atoms with van der Waals surface area (Å²) in [5.41, 5.74) is 5.37. The Balaban J connectivity index is 1.39. The SMILES string of the molecule is CCCCOc1ccc(-c2nn(-c3ccccc3)cc2/C=C2/C(=O)N(c3ccccc3)N=C2CSc2ccc(Cl)cc2)cc1. The Hall–Kier alpha value is -4.59. The average molecular weight is 619 g/mol. The van der Waals surface area contributed by atoms with Crippen molar-refractivity contribution < 1.29 is 9.53 Å². The number of hydrogen-bond acceptors (Lipinski definition) is 5. The Kier molecular flexibility index (Phi) is 9.25. The maximum atomic E-state index is 13.9. The van der Waals surface area contributed by atoms with Crippen molar-refractivity contribution in [3.8, 4) is 22.7 Å². The van der Waals surface area contributed by atoms with Crippen LogP contribution in [0.2, 0.25) is 5.02 Å². The second-order valence-corrected chi connectivity index (χ2v) is 11.7. The van der Waals surface area contributed by atoms with Crippen LogP contribution in [0, 0.1) is 0 Å². The molecular formula is C36H31ClN4O2S. The van der Waals surface area contributed by atoms with Crippen molar-refractivity contribution in [2.75, 3.05) is 17.4 Å². The first-order valence-electron chi connectivity index (χ1n) is 14.5. The van der Waals surface area contributed by atoms with Gasteiger partial charge in [0, 0.05) is 33.0 Å². The van der Waals surface area contributed by atoms with Gasteiger partial charge in [-0.1, -0.05) is 61.3 Å². The summed E-state index contributed by atoms with van der Waals surface area (Å²) < 4.78 is 7.74. The number of ether oxygens (including phenoxy) is 1. The molecule has 0 atom stereocenters. The number of amides is 1. The number of benzene rings is 4. The molecule has 1 aliphatic rings. The number of hydrazone groups is 1. The number of carbonyl (C=O) groups is 1. The van der Waals surface area contributed by atoms with Gasteiger partial charge in [0.2, 0.25) is 0 Å². The van der Waals surface area contributed by atoms with Crippen LogP contribution in [0.1, 0.15) is 25.3 Å². The summed E-state index contributed by atoms with van der Waals surface area (Å²) in [4.78, 5) is 15.0. The van der Waals surface area contributed by atoms with E-state index < -0.39 is 0 Å². The van der Waals surface area contributed by atoms with Crippen molar-refractivity contribution in [2.45, 2.75) is 24.7 Å². The first-order valence-corrected chi connectivity index (χ1v) is 15.9. The van der Waals surface area contributed by atoms with Crippen LogP contribution in [0.25, 0.3) is 23.0 Å². The van der Waals surface area contributed by atoms with Crippen LogP contribution in [0.4, 0.5) is 5.69 Å². The van der Waals surface area contributed by atoms with Crippen molar-refractivity contribution >= 4 is 46.7 Å². The lowest BCUT2D eigenvalue weighted by Crippen LogP contribution is -2.21. The Morgan fingerprint density at radius 3 is 2.23 bits per heavy atom. The summed E-state index contributed by atoms with van der Waals surface area (Å²) in [6, 6.07) is 35.1. The van der Waals surface area contributed by atoms with Gasteiger partial charge < -0.3 is 4.74 Å². The van der Waals surface area contributed by atoms with Crippen molar-refractivity contribution in [1.82, 2.24) is 9.78 Å². The molecule has 220 valence electrons. The van der Waals surface area contributed by atoms with Gasteiger partial charge in [0.05, 0.1) is 35.0 Å². The van der Waals surface area contributed by atoms with Crippen LogP contribution in [-0.2, 0) is 4.79 Å². The largest absolute Gasteiger partial charge is 0.494 e. The minimum absolute atomic E-state index is 0.180. The van der Waals surface area contributed by atoms with Gasteiger partial charge in [-0.05, 0) is 85.3 Å². The van der Waals surface area contributed by atoms with Gasteiger partial charge in [-0.15, -0.1) is 11.8 Å². The number of para-hydroxylation sites is 2. The maximum Gasteiger partial charge on any atom is 0.280 e. The third-order valence-corrected chi connectivity index (χ3v) is 8.38. The van der Waals surface area contributed by atoms with Crippen LogP contribution < -0.4 is 9.75 Å². The zero-order valence-corrected chi connectivity index (χ0v) is 25.8. The number of aromatic nitrogens is 2. The molecule has 0 N–H and O–H groups in total. The Morgan fingerprint density at radius 2 is 1.55 bits per heavy atom. The van der Waals surface area contributed by atoms with Crippen LogP contribution in [0.5, 0.6) is 5.75 Å². The summed E-state index contributed by atoms with van der Waals surface area (Å²) in [5.74, 6) is 1.15. The molecule has 6 rings (SSSR count). The molecule has 6 nitrogen and oxygen atoms in total. The molecular weight excluding hydrogens is 588 g/mol. The predicted octanol–water partition coefficient (Wildman–Crippen LogP) is 8.95. The van der Waals surface area contributed by atoms with Gasteiger partial charge >= 0.3 is 0 Å². The summed E-state index contributed by atoms with van der Waals surface area (Å²) in [6.45, 7) is 2.83. The quantitative estimate of drug-likeness (QED) is 0.0842. The third-order valence-electron chi connectivity index (χ3n) is 7.10. The van der Waals surface area contributed by atoms with Crippen LogP contribution in [-0.4, -0.2) is 33.8 Å². The summed E-state index contributed by atoms with van der Waals surface area (Å²) >= 11 is 7.71. The van der Waals surface area contributed by atoms with E-state index in [1.807, 2.05) is 126 Å². The monoisotopic (exact) mass is 618 g/mol. The van der Waals surface area contributed by atoms with Gasteiger partial charge in [-0.25, -0.2) is 4.68 Å². The van der Waals surface area contributed by atoms with E-state index in [4.69, 9.17) is 26.5 Å². The smallest absolute Gasteiger partial charge is 0.280 e. The van der Waals surface area contributed by atoms with Crippen molar-refractivity contribution in [3.05, 3.63) is 132 Å². The molecule has 0 aliphatic carbocycles. The Labute approximate surface area is 266 Å². The molecule has 4 aromatic carbocycles. The van der Waals surface area contributed by atoms with Gasteiger partial charge in [0.15, 0.2) is 0 Å². The second-order valence-electron chi connectivity index (χ2n) is 10.2. The molecule has 1 aromatic heterocycles. The fraction of sp³-hybridized carbons (Fsp3) is 0.139. The lowest BCUT2D eigenvalue weighted by Gasteiger charge is -2.11. The van der Waals surface area contributed by atoms with E-state index in [0.29, 0.717) is 34.4 Å². The first kappa shape index (κ1) is 29.5. The molecule has 0 fully saturated rings. The van der Waals surface area contributed by atoms with Crippen LogP contribution in [0.15, 0.2) is 131 Å². The van der Waals surface area contributed by atoms with Gasteiger partial charge in [0.1, 0.15) is 5.75 Å². The molecule has 0 saturated carbocycles. The molecule has 0 spiro atoms. The molecule has 5 aromatic rings. The van der Waals surface area contributed by atoms with Crippen molar-refractivity contribution in [2.24, 2.45) is 5.10 Å². The number of rotatable bonds is 11. The van der Waals surface area contributed by atoms with Gasteiger partial charge in [0.25, 0.3) is 5.91 Å². The Bertz CT molecular complexity index is 1780. The number of nitrogens with zero attached hydrogens (tertiary/aromatic N) is 4. The minimum atomic E-state index is -0.180. The van der Waals surface area contributed by atoms with E-state index in [-0.39, 0.29) is 5.91 Å². The number of unbranched alkanes of at least 4 members (excludes halogenated alkanes) is 1. The summed E-state index contributed by atoms with van der Waals surface area (Å²) in [6.07, 6.45) is 5.97. The van der Waals surface area contributed by atoms with E-state index in [1.165, 1.54) is 5.01 Å². The van der Waals surface area contributed by atoms with Crippen molar-refractivity contribution in [3.63, 3.8) is 0 Å². The molecule has 1 aliphatic heterocycles. The van der Waals surface area contributed by atoms with Gasteiger partial charge in [-0.2, -0.15) is 15.2 Å². The summed E-state index contributed by atoms with van der Waals surface area (Å²) in [5, 5.41) is 11.9. The highest BCUT2D eigenvalue weighted by atomic mass is 35.5. The molecule has 0 bridgehead atoms. The van der Waals surface area contributed by atoms with E-state index >= 15 is 0 Å². The highest BCUT2D eigenvalue weighted by Gasteiger charge is 2.31. The van der Waals surface area contributed by atoms with Crippen molar-refractivity contribution in [1.29, 1.82) is 0 Å². The topological polar surface area (TPSA) is 59.7 Å². The average Bonchev–Trinajstić information content (AvgIpc) is 3.63. The zero-order valence-electron chi connectivity index (χ0n) is 24.3. The molecule has 8 heteroatoms. The number of anilines is 1. The standard InChI is InChI=1S/C36H31ClN4O2S/c1-2-3-22-43-31-18-14-26(15-19-31)35-27(24-40(39-35)29-10-6-4-7-11-29)23-33-34(25-44-32-20-16-28(37)17-21-32)38-41(36(33)42)30-12-8-5-9-13-30/h4-21,23-24H,2-3,22,25H2,1H3/b33-23+. The minimum Gasteiger partial charge on any atom is -0.494 e. The van der Waals surface area contributed by atoms with E-state index in [2.05, 4.69) is 6.92 Å². The normalized spacial score (nSPS) is 13.9. The molecule has 1 amide bonds. The molecule has 0 unspecified atom stereocenters. The lowest BCUT2D eigenvalue weighted by atomic mass is 10.0. The molecule has 2 heterocycles. The Morgan fingerprint density at radius 1 is 0.864 bits per heavy atom. The van der Waals surface area contributed by atoms with E-state index in [0.717, 1.165) is 46.0 Å². The fourth-order valence-corrected chi connectivity index (χ4v) is 5.74. The number of hydrogen-bond donors (Lipinski definition) is 0. The zero-order chi connectivity index (χ0) is 30.3. The molecule has 44 heavy (non-hydrogen) atoms. The first-order chi connectivity index (χ1) is 21.6. The highest BCUT2D eigenvalue weighted by molar-refractivity contribution is 8.00. The van der Waals surface area contributed by atoms with Crippen LogP contribution in [0.3, 0.4) is 0 Å². The second kappa shape index (κ2) is 13.8. The highest BCUT2D eigenvalue weighted by Crippen LogP contribution is 2.32. The number of thioether (sulfide) groups is 1. The number of halogens is 1. The van der Waals surface area contributed by atoms with Gasteiger partial charge in [-0.3, -0.25) is 4.79 Å². The molecule has 0 saturated heterocycles.